The van der Waals surface area contributed by atoms with E-state index in [1.807, 2.05) is 18.2 Å². The lowest BCUT2D eigenvalue weighted by Gasteiger charge is -2.33. The maximum Gasteiger partial charge on any atom is 0.267 e. The lowest BCUT2D eigenvalue weighted by Crippen LogP contribution is -2.49. The van der Waals surface area contributed by atoms with Gasteiger partial charge in [-0.1, -0.05) is 24.3 Å². The van der Waals surface area contributed by atoms with Gasteiger partial charge in [-0.2, -0.15) is 0 Å². The van der Waals surface area contributed by atoms with Crippen molar-refractivity contribution in [3.05, 3.63) is 64.7 Å². The number of aromatic amines is 1. The Hall–Kier alpha value is -3.35. The van der Waals surface area contributed by atoms with E-state index >= 15 is 0 Å². The Morgan fingerprint density at radius 2 is 1.78 bits per heavy atom. The lowest BCUT2D eigenvalue weighted by molar-refractivity contribution is -0.143. The van der Waals surface area contributed by atoms with Crippen molar-refractivity contribution < 1.29 is 14.3 Å². The lowest BCUT2D eigenvalue weighted by atomic mass is 10.1. The molecule has 7 nitrogen and oxygen atoms in total. The van der Waals surface area contributed by atoms with E-state index in [4.69, 9.17) is 9.47 Å². The second-order valence-electron chi connectivity index (χ2n) is 6.53. The molecule has 0 fully saturated rings. The van der Waals surface area contributed by atoms with E-state index in [-0.39, 0.29) is 18.0 Å². The molecule has 4 rings (SSSR count). The highest BCUT2D eigenvalue weighted by atomic mass is 16.6. The fourth-order valence-electron chi connectivity index (χ4n) is 3.12. The third kappa shape index (κ3) is 3.23. The SMILES string of the molecule is C[C@@H]1Oc2ccccc2O[C@@H]1C(=O)N(C)Cc1nc2ccccc2c(=O)[nH]1. The van der Waals surface area contributed by atoms with Gasteiger partial charge in [0.2, 0.25) is 6.10 Å². The third-order valence-corrected chi connectivity index (χ3v) is 4.51. The summed E-state index contributed by atoms with van der Waals surface area (Å²) in [6, 6.07) is 14.3. The van der Waals surface area contributed by atoms with Gasteiger partial charge in [-0.3, -0.25) is 9.59 Å². The zero-order valence-electron chi connectivity index (χ0n) is 15.0. The number of ether oxygens (including phenoxy) is 2. The Balaban J connectivity index is 1.54. The van der Waals surface area contributed by atoms with Gasteiger partial charge in [-0.15, -0.1) is 0 Å². The van der Waals surface area contributed by atoms with Crippen molar-refractivity contribution >= 4 is 16.8 Å². The number of hydrogen-bond acceptors (Lipinski definition) is 5. The van der Waals surface area contributed by atoms with Crippen LogP contribution in [-0.4, -0.2) is 40.0 Å². The van der Waals surface area contributed by atoms with Crippen molar-refractivity contribution in [3.8, 4) is 11.5 Å². The van der Waals surface area contributed by atoms with Crippen LogP contribution < -0.4 is 15.0 Å². The highest BCUT2D eigenvalue weighted by Gasteiger charge is 2.36. The van der Waals surface area contributed by atoms with Gasteiger partial charge in [0.1, 0.15) is 11.9 Å². The third-order valence-electron chi connectivity index (χ3n) is 4.51. The van der Waals surface area contributed by atoms with Crippen LogP contribution in [0.5, 0.6) is 11.5 Å². The highest BCUT2D eigenvalue weighted by molar-refractivity contribution is 5.82. The van der Waals surface area contributed by atoms with Crippen molar-refractivity contribution in [3.63, 3.8) is 0 Å². The van der Waals surface area contributed by atoms with Gasteiger partial charge in [0, 0.05) is 7.05 Å². The number of benzene rings is 2. The standard InChI is InChI=1S/C20H19N3O4/c1-12-18(27-16-10-6-5-9-15(16)26-12)20(25)23(2)11-17-21-14-8-4-3-7-13(14)19(24)22-17/h3-10,12,18H,11H2,1-2H3,(H,21,22,24)/t12-,18-/m0/s1. The molecule has 0 saturated heterocycles. The van der Waals surface area contributed by atoms with Gasteiger partial charge in [-0.05, 0) is 31.2 Å². The Labute approximate surface area is 155 Å². The monoisotopic (exact) mass is 365 g/mol. The van der Waals surface area contributed by atoms with Crippen LogP contribution in [0, 0.1) is 0 Å². The van der Waals surface area contributed by atoms with Gasteiger partial charge in [-0.25, -0.2) is 4.98 Å². The molecule has 0 aliphatic carbocycles. The molecule has 2 heterocycles. The number of hydrogen-bond donors (Lipinski definition) is 1. The number of amides is 1. The second kappa shape index (κ2) is 6.75. The molecule has 7 heteroatoms. The van der Waals surface area contributed by atoms with Gasteiger partial charge < -0.3 is 19.4 Å². The maximum absolute atomic E-state index is 12.9. The normalized spacial score (nSPS) is 18.3. The van der Waals surface area contributed by atoms with Crippen molar-refractivity contribution in [1.82, 2.24) is 14.9 Å². The molecule has 27 heavy (non-hydrogen) atoms. The van der Waals surface area contributed by atoms with Crippen LogP contribution in [0.1, 0.15) is 12.7 Å². The van der Waals surface area contributed by atoms with E-state index < -0.39 is 12.2 Å². The number of nitrogens with zero attached hydrogens (tertiary/aromatic N) is 2. The van der Waals surface area contributed by atoms with E-state index in [0.29, 0.717) is 28.2 Å². The first-order chi connectivity index (χ1) is 13.0. The summed E-state index contributed by atoms with van der Waals surface area (Å²) < 4.78 is 11.6. The molecular formula is C20H19N3O4. The highest BCUT2D eigenvalue weighted by Crippen LogP contribution is 2.33. The first-order valence-electron chi connectivity index (χ1n) is 8.68. The van der Waals surface area contributed by atoms with Crippen LogP contribution in [0.25, 0.3) is 10.9 Å². The average Bonchev–Trinajstić information content (AvgIpc) is 2.67. The Morgan fingerprint density at radius 3 is 2.56 bits per heavy atom. The van der Waals surface area contributed by atoms with E-state index in [1.165, 1.54) is 4.90 Å². The Bertz CT molecular complexity index is 1060. The number of H-pyrrole nitrogens is 1. The molecule has 138 valence electrons. The largest absolute Gasteiger partial charge is 0.482 e. The maximum atomic E-state index is 12.9. The summed E-state index contributed by atoms with van der Waals surface area (Å²) in [6.45, 7) is 1.95. The predicted octanol–water partition coefficient (Wildman–Crippen LogP) is 2.11. The minimum Gasteiger partial charge on any atom is -0.482 e. The van der Waals surface area contributed by atoms with Gasteiger partial charge in [0.15, 0.2) is 11.5 Å². The number of fused-ring (bicyclic) bond motifs is 2. The van der Waals surface area contributed by atoms with Crippen LogP contribution in [0.4, 0.5) is 0 Å². The van der Waals surface area contributed by atoms with Crippen LogP contribution in [0.2, 0.25) is 0 Å². The van der Waals surface area contributed by atoms with E-state index in [9.17, 15) is 9.59 Å². The minimum atomic E-state index is -0.767. The number of nitrogens with one attached hydrogen (secondary N) is 1. The van der Waals surface area contributed by atoms with Crippen molar-refractivity contribution in [2.75, 3.05) is 7.05 Å². The molecule has 2 atom stereocenters. The molecule has 0 bridgehead atoms. The molecule has 0 spiro atoms. The fourth-order valence-corrected chi connectivity index (χ4v) is 3.12. The average molecular weight is 365 g/mol. The summed E-state index contributed by atoms with van der Waals surface area (Å²) in [5.41, 5.74) is 0.368. The number of likely N-dealkylation sites (N-methyl/N-ethyl adjacent to an activating group) is 1. The molecule has 1 aromatic heterocycles. The molecule has 0 radical (unpaired) electrons. The Kier molecular flexibility index (Phi) is 4.27. The van der Waals surface area contributed by atoms with Crippen molar-refractivity contribution in [2.45, 2.75) is 25.7 Å². The number of carbonyl (C=O) groups excluding carboxylic acids is 1. The fraction of sp³-hybridized carbons (Fsp3) is 0.250. The summed E-state index contributed by atoms with van der Waals surface area (Å²) in [6.07, 6.45) is -1.20. The molecule has 3 aromatic rings. The Morgan fingerprint density at radius 1 is 1.11 bits per heavy atom. The topological polar surface area (TPSA) is 84.5 Å². The summed E-state index contributed by atoms with van der Waals surface area (Å²) in [4.78, 5) is 33.7. The zero-order valence-corrected chi connectivity index (χ0v) is 15.0. The van der Waals surface area contributed by atoms with Crippen LogP contribution in [-0.2, 0) is 11.3 Å². The number of rotatable bonds is 3. The first kappa shape index (κ1) is 17.1. The summed E-state index contributed by atoms with van der Waals surface area (Å²) in [7, 11) is 1.65. The molecule has 0 unspecified atom stereocenters. The van der Waals surface area contributed by atoms with Gasteiger partial charge in [0.05, 0.1) is 17.4 Å². The van der Waals surface area contributed by atoms with Crippen LogP contribution >= 0.6 is 0 Å². The van der Waals surface area contributed by atoms with E-state index in [1.54, 1.807) is 44.3 Å². The quantitative estimate of drug-likeness (QED) is 0.768. The first-order valence-corrected chi connectivity index (χ1v) is 8.68. The number of aromatic nitrogens is 2. The van der Waals surface area contributed by atoms with Crippen LogP contribution in [0.15, 0.2) is 53.3 Å². The predicted molar refractivity (Wildman–Crippen MR) is 99.8 cm³/mol. The summed E-state index contributed by atoms with van der Waals surface area (Å²) in [5.74, 6) is 1.34. The molecule has 0 saturated carbocycles. The molecular weight excluding hydrogens is 346 g/mol. The summed E-state index contributed by atoms with van der Waals surface area (Å²) >= 11 is 0. The van der Waals surface area contributed by atoms with Crippen molar-refractivity contribution in [2.24, 2.45) is 0 Å². The zero-order chi connectivity index (χ0) is 19.0. The molecule has 1 aliphatic rings. The summed E-state index contributed by atoms with van der Waals surface area (Å²) in [5, 5.41) is 0.518. The van der Waals surface area contributed by atoms with Gasteiger partial charge >= 0.3 is 0 Å². The van der Waals surface area contributed by atoms with E-state index in [2.05, 4.69) is 9.97 Å². The second-order valence-corrected chi connectivity index (χ2v) is 6.53. The molecule has 1 N–H and O–H groups in total. The van der Waals surface area contributed by atoms with Crippen LogP contribution in [0.3, 0.4) is 0 Å². The van der Waals surface area contributed by atoms with Crippen molar-refractivity contribution in [1.29, 1.82) is 0 Å². The molecule has 2 aromatic carbocycles. The molecule has 1 aliphatic heterocycles. The minimum absolute atomic E-state index is 0.160. The number of para-hydroxylation sites is 3. The molecule has 1 amide bonds. The van der Waals surface area contributed by atoms with E-state index in [0.717, 1.165) is 0 Å². The number of carbonyl (C=O) groups is 1. The smallest absolute Gasteiger partial charge is 0.267 e. The van der Waals surface area contributed by atoms with Gasteiger partial charge in [0.25, 0.3) is 11.5 Å².